The Labute approximate surface area is 168 Å². The van der Waals surface area contributed by atoms with Crippen LogP contribution in [0.25, 0.3) is 0 Å². The molecule has 1 saturated heterocycles. The number of nitrogens with zero attached hydrogens (tertiary/aromatic N) is 3. The van der Waals surface area contributed by atoms with Gasteiger partial charge in [0.25, 0.3) is 0 Å². The van der Waals surface area contributed by atoms with E-state index in [0.717, 1.165) is 14.7 Å². The van der Waals surface area contributed by atoms with Gasteiger partial charge in [-0.3, -0.25) is 0 Å². The van der Waals surface area contributed by atoms with E-state index in [1.165, 1.54) is 0 Å². The lowest BCUT2D eigenvalue weighted by Gasteiger charge is -2.47. The van der Waals surface area contributed by atoms with E-state index >= 15 is 0 Å². The van der Waals surface area contributed by atoms with Gasteiger partial charge in [0, 0.05) is 8.96 Å². The van der Waals surface area contributed by atoms with Crippen LogP contribution < -0.4 is 5.01 Å². The molecule has 1 aromatic rings. The summed E-state index contributed by atoms with van der Waals surface area (Å²) in [6, 6.07) is 9.93. The lowest BCUT2D eigenvalue weighted by Crippen LogP contribution is -2.58. The molecule has 0 saturated carbocycles. The van der Waals surface area contributed by atoms with Gasteiger partial charge in [-0.1, -0.05) is 87.1 Å². The van der Waals surface area contributed by atoms with E-state index in [-0.39, 0.29) is 12.1 Å². The summed E-state index contributed by atoms with van der Waals surface area (Å²) in [6.07, 6.45) is 0. The predicted molar refractivity (Wildman–Crippen MR) is 105 cm³/mol. The van der Waals surface area contributed by atoms with E-state index < -0.39 is 14.4 Å². The molecule has 0 N–H and O–H groups in total. The molecule has 0 aliphatic carbocycles. The number of para-hydroxylation sites is 1. The third-order valence-electron chi connectivity index (χ3n) is 4.94. The molecule has 8 heteroatoms. The number of anilines is 1. The normalized spacial score (nSPS) is 40.7. The first kappa shape index (κ1) is 16.7. The van der Waals surface area contributed by atoms with Crippen molar-refractivity contribution in [2.75, 3.05) is 5.01 Å². The molecule has 0 aromatic heterocycles. The number of halogens is 4. The summed E-state index contributed by atoms with van der Waals surface area (Å²) in [6.45, 7) is 4.15. The van der Waals surface area contributed by atoms with Gasteiger partial charge in [0.15, 0.2) is 0 Å². The highest BCUT2D eigenvalue weighted by Crippen LogP contribution is 2.66. The number of hydrogen-bond donors (Lipinski definition) is 0. The standard InChI is InChI=1S/C15H13Br4N3O/c1-13-9(16)10(17)15(18,19)14(2,23-13)12-11(13)20-21-22(12)8-6-4-3-5-7-8/h3-7,11-12H,1-2H3/t11-,12+,13+,14+/m1/s1. The summed E-state index contributed by atoms with van der Waals surface area (Å²) in [7, 11) is 0. The van der Waals surface area contributed by atoms with Crippen molar-refractivity contribution < 1.29 is 4.74 Å². The summed E-state index contributed by atoms with van der Waals surface area (Å²) >= 11 is 15.1. The fourth-order valence-electron chi connectivity index (χ4n) is 3.66. The van der Waals surface area contributed by atoms with Crippen molar-refractivity contribution in [1.82, 2.24) is 0 Å². The Morgan fingerprint density at radius 1 is 1.09 bits per heavy atom. The molecular weight excluding hydrogens is 558 g/mol. The first-order valence-corrected chi connectivity index (χ1v) is 10.3. The SMILES string of the molecule is C[C@@]12O[C@@](C)([C@@H]3[C@H]1N=NN3c1ccccc1)C(Br)(Br)C(Br)=C2Br. The molecule has 0 radical (unpaired) electrons. The number of benzene rings is 1. The summed E-state index contributed by atoms with van der Waals surface area (Å²) in [5.41, 5.74) is -0.133. The minimum atomic E-state index is -0.581. The van der Waals surface area contributed by atoms with E-state index in [0.29, 0.717) is 0 Å². The summed E-state index contributed by atoms with van der Waals surface area (Å²) < 4.78 is 7.92. The first-order chi connectivity index (χ1) is 10.7. The number of rotatable bonds is 1. The van der Waals surface area contributed by atoms with Crippen molar-refractivity contribution in [3.63, 3.8) is 0 Å². The highest BCUT2D eigenvalue weighted by Gasteiger charge is 2.74. The van der Waals surface area contributed by atoms with Crippen LogP contribution in [0.2, 0.25) is 0 Å². The fourth-order valence-corrected chi connectivity index (χ4v) is 6.62. The topological polar surface area (TPSA) is 37.2 Å². The smallest absolute Gasteiger partial charge is 0.143 e. The van der Waals surface area contributed by atoms with Crippen molar-refractivity contribution in [2.45, 2.75) is 40.4 Å². The van der Waals surface area contributed by atoms with Crippen LogP contribution in [-0.2, 0) is 4.74 Å². The molecule has 0 spiro atoms. The molecular formula is C15H13Br4N3O. The quantitative estimate of drug-likeness (QED) is 0.409. The van der Waals surface area contributed by atoms with Gasteiger partial charge in [-0.2, -0.15) is 5.11 Å². The lowest BCUT2D eigenvalue weighted by atomic mass is 9.88. The maximum atomic E-state index is 6.57. The van der Waals surface area contributed by atoms with Gasteiger partial charge in [0.1, 0.15) is 26.5 Å². The van der Waals surface area contributed by atoms with Crippen molar-refractivity contribution in [3.05, 3.63) is 39.3 Å². The fraction of sp³-hybridized carbons (Fsp3) is 0.467. The van der Waals surface area contributed by atoms with Gasteiger partial charge >= 0.3 is 0 Å². The molecule has 4 atom stereocenters. The highest BCUT2D eigenvalue weighted by molar-refractivity contribution is 9.26. The number of ether oxygens (including phenoxy) is 1. The average molecular weight is 571 g/mol. The molecule has 1 fully saturated rings. The zero-order valence-electron chi connectivity index (χ0n) is 12.3. The van der Waals surface area contributed by atoms with E-state index in [2.05, 4.69) is 87.9 Å². The maximum Gasteiger partial charge on any atom is 0.143 e. The highest BCUT2D eigenvalue weighted by atomic mass is 79.9. The molecule has 3 aliphatic heterocycles. The number of hydrogen-bond acceptors (Lipinski definition) is 4. The van der Waals surface area contributed by atoms with Crippen LogP contribution in [0.15, 0.2) is 49.6 Å². The third-order valence-corrected chi connectivity index (χ3v) is 11.1. The zero-order chi connectivity index (χ0) is 16.6. The van der Waals surface area contributed by atoms with E-state index in [4.69, 9.17) is 4.74 Å². The predicted octanol–water partition coefficient (Wildman–Crippen LogP) is 5.66. The van der Waals surface area contributed by atoms with E-state index in [9.17, 15) is 0 Å². The molecule has 0 amide bonds. The van der Waals surface area contributed by atoms with E-state index in [1.54, 1.807) is 0 Å². The van der Waals surface area contributed by atoms with Crippen molar-refractivity contribution >= 4 is 69.4 Å². The van der Waals surface area contributed by atoms with Crippen molar-refractivity contribution in [3.8, 4) is 0 Å². The van der Waals surface area contributed by atoms with Gasteiger partial charge in [0.05, 0.1) is 5.69 Å². The Morgan fingerprint density at radius 3 is 2.39 bits per heavy atom. The van der Waals surface area contributed by atoms with Crippen LogP contribution >= 0.6 is 63.7 Å². The largest absolute Gasteiger partial charge is 0.356 e. The number of fused-ring (bicyclic) bond motifs is 5. The molecule has 1 aromatic carbocycles. The molecule has 4 nitrogen and oxygen atoms in total. The summed E-state index contributed by atoms with van der Waals surface area (Å²) in [5.74, 6) is 0. The van der Waals surface area contributed by atoms with Crippen LogP contribution in [0, 0.1) is 0 Å². The Kier molecular flexibility index (Phi) is 3.72. The Morgan fingerprint density at radius 2 is 1.74 bits per heavy atom. The maximum absolute atomic E-state index is 6.57. The molecule has 3 aliphatic rings. The molecule has 122 valence electrons. The van der Waals surface area contributed by atoms with Crippen molar-refractivity contribution in [2.24, 2.45) is 10.3 Å². The minimum absolute atomic E-state index is 0.0451. The van der Waals surface area contributed by atoms with Crippen LogP contribution in [0.4, 0.5) is 5.69 Å². The van der Waals surface area contributed by atoms with E-state index in [1.807, 2.05) is 35.3 Å². The minimum Gasteiger partial charge on any atom is -0.356 e. The molecule has 4 rings (SSSR count). The summed E-state index contributed by atoms with van der Waals surface area (Å²) in [4.78, 5) is 0. The Hall–Kier alpha value is 0.240. The van der Waals surface area contributed by atoms with Crippen LogP contribution in [-0.4, -0.2) is 26.5 Å². The van der Waals surface area contributed by atoms with Gasteiger partial charge in [-0.05, 0) is 26.0 Å². The van der Waals surface area contributed by atoms with Gasteiger partial charge in [-0.15, -0.1) is 0 Å². The van der Waals surface area contributed by atoms with Gasteiger partial charge < -0.3 is 4.74 Å². The molecule has 2 bridgehead atoms. The molecule has 0 unspecified atom stereocenters. The van der Waals surface area contributed by atoms with Gasteiger partial charge in [0.2, 0.25) is 0 Å². The molecule has 3 heterocycles. The first-order valence-electron chi connectivity index (χ1n) is 7.13. The van der Waals surface area contributed by atoms with Crippen LogP contribution in [0.3, 0.4) is 0 Å². The Balaban J connectivity index is 1.89. The second-order valence-corrected chi connectivity index (χ2v) is 11.3. The second kappa shape index (κ2) is 5.13. The number of alkyl halides is 2. The average Bonchev–Trinajstić information content (AvgIpc) is 3.06. The lowest BCUT2D eigenvalue weighted by molar-refractivity contribution is -0.0767. The third kappa shape index (κ3) is 1.96. The second-order valence-electron chi connectivity index (χ2n) is 6.29. The van der Waals surface area contributed by atoms with Crippen LogP contribution in [0.1, 0.15) is 13.8 Å². The Bertz CT molecular complexity index is 737. The van der Waals surface area contributed by atoms with Crippen LogP contribution in [0.5, 0.6) is 0 Å². The molecule has 23 heavy (non-hydrogen) atoms. The summed E-state index contributed by atoms with van der Waals surface area (Å²) in [5, 5.41) is 11.0. The van der Waals surface area contributed by atoms with Gasteiger partial charge in [-0.25, -0.2) is 5.01 Å². The zero-order valence-corrected chi connectivity index (χ0v) is 18.6. The van der Waals surface area contributed by atoms with Crippen molar-refractivity contribution in [1.29, 1.82) is 0 Å². The monoisotopic (exact) mass is 567 g/mol.